The normalized spacial score (nSPS) is 27.3. The second kappa shape index (κ2) is 5.49. The molecule has 4 heteroatoms. The molecule has 0 radical (unpaired) electrons. The van der Waals surface area contributed by atoms with Gasteiger partial charge < -0.3 is 0 Å². The van der Waals surface area contributed by atoms with E-state index in [4.69, 9.17) is 11.6 Å². The van der Waals surface area contributed by atoms with E-state index in [0.29, 0.717) is 0 Å². The van der Waals surface area contributed by atoms with E-state index in [9.17, 15) is 0 Å². The average Bonchev–Trinajstić information content (AvgIpc) is 2.70. The van der Waals surface area contributed by atoms with Gasteiger partial charge in [0.05, 0.1) is 4.34 Å². The average molecular weight is 285 g/mol. The fraction of sp³-hybridized carbons (Fsp3) is 0.714. The maximum atomic E-state index is 5.97. The highest BCUT2D eigenvalue weighted by molar-refractivity contribution is 7.16. The third-order valence-electron chi connectivity index (χ3n) is 4.27. The van der Waals surface area contributed by atoms with Crippen LogP contribution in [0.15, 0.2) is 12.1 Å². The molecule has 2 aliphatic heterocycles. The van der Waals surface area contributed by atoms with Crippen molar-refractivity contribution in [3.8, 4) is 0 Å². The second-order valence-electron chi connectivity index (χ2n) is 5.64. The summed E-state index contributed by atoms with van der Waals surface area (Å²) in [5.74, 6) is 0. The number of hydrogen-bond donors (Lipinski definition) is 0. The van der Waals surface area contributed by atoms with Crippen LogP contribution >= 0.6 is 22.9 Å². The van der Waals surface area contributed by atoms with E-state index in [0.717, 1.165) is 23.0 Å². The molecule has 3 rings (SSSR count). The van der Waals surface area contributed by atoms with Crippen molar-refractivity contribution in [1.29, 1.82) is 0 Å². The Morgan fingerprint density at radius 3 is 2.83 bits per heavy atom. The van der Waals surface area contributed by atoms with Crippen LogP contribution in [0.1, 0.15) is 31.1 Å². The fourth-order valence-electron chi connectivity index (χ4n) is 3.20. The molecule has 3 heterocycles. The maximum absolute atomic E-state index is 5.97. The first kappa shape index (κ1) is 12.9. The molecule has 1 unspecified atom stereocenters. The Kier molecular flexibility index (Phi) is 3.94. The number of hydrogen-bond acceptors (Lipinski definition) is 3. The van der Waals surface area contributed by atoms with E-state index >= 15 is 0 Å². The molecule has 0 saturated carbocycles. The van der Waals surface area contributed by atoms with Crippen LogP contribution < -0.4 is 0 Å². The van der Waals surface area contributed by atoms with Crippen molar-refractivity contribution in [2.75, 3.05) is 19.6 Å². The minimum atomic E-state index is 0.794. The Hall–Kier alpha value is -0.0900. The minimum Gasteiger partial charge on any atom is -0.295 e. The number of halogens is 1. The van der Waals surface area contributed by atoms with Crippen molar-refractivity contribution in [3.63, 3.8) is 0 Å². The van der Waals surface area contributed by atoms with Gasteiger partial charge in [0.25, 0.3) is 0 Å². The number of piperidine rings is 1. The van der Waals surface area contributed by atoms with E-state index in [1.54, 1.807) is 11.3 Å². The molecule has 0 spiro atoms. The van der Waals surface area contributed by atoms with Gasteiger partial charge in [-0.05, 0) is 38.4 Å². The van der Waals surface area contributed by atoms with Gasteiger partial charge >= 0.3 is 0 Å². The van der Waals surface area contributed by atoms with Crippen molar-refractivity contribution >= 4 is 22.9 Å². The third kappa shape index (κ3) is 2.74. The molecule has 1 aromatic heterocycles. The Labute approximate surface area is 119 Å². The second-order valence-corrected chi connectivity index (χ2v) is 7.44. The summed E-state index contributed by atoms with van der Waals surface area (Å²) in [6.07, 6.45) is 4.19. The summed E-state index contributed by atoms with van der Waals surface area (Å²) in [5.41, 5.74) is 0. The molecule has 1 aromatic rings. The summed E-state index contributed by atoms with van der Waals surface area (Å²) >= 11 is 7.68. The number of thiophene rings is 1. The summed E-state index contributed by atoms with van der Waals surface area (Å²) in [5, 5.41) is 0. The van der Waals surface area contributed by atoms with Gasteiger partial charge in [-0.25, -0.2) is 0 Å². The summed E-state index contributed by atoms with van der Waals surface area (Å²) in [6.45, 7) is 7.25. The molecule has 0 bridgehead atoms. The SMILES string of the molecule is CC1CCCCN1C1CN(Cc2ccc(Cl)s2)C1. The summed E-state index contributed by atoms with van der Waals surface area (Å²) in [4.78, 5) is 6.65. The van der Waals surface area contributed by atoms with Crippen molar-refractivity contribution < 1.29 is 0 Å². The van der Waals surface area contributed by atoms with Crippen molar-refractivity contribution in [3.05, 3.63) is 21.3 Å². The summed E-state index contributed by atoms with van der Waals surface area (Å²) in [6, 6.07) is 5.76. The Morgan fingerprint density at radius 2 is 2.17 bits per heavy atom. The lowest BCUT2D eigenvalue weighted by Crippen LogP contribution is -2.61. The van der Waals surface area contributed by atoms with E-state index in [1.165, 1.54) is 43.8 Å². The lowest BCUT2D eigenvalue weighted by Gasteiger charge is -2.49. The Morgan fingerprint density at radius 1 is 1.33 bits per heavy atom. The zero-order valence-electron chi connectivity index (χ0n) is 10.9. The first-order valence-electron chi connectivity index (χ1n) is 6.94. The minimum absolute atomic E-state index is 0.794. The monoisotopic (exact) mass is 284 g/mol. The molecule has 2 saturated heterocycles. The molecule has 0 aliphatic carbocycles. The van der Waals surface area contributed by atoms with Gasteiger partial charge in [-0.1, -0.05) is 18.0 Å². The lowest BCUT2D eigenvalue weighted by atomic mass is 9.97. The van der Waals surface area contributed by atoms with Crippen LogP contribution in [0.25, 0.3) is 0 Å². The molecule has 1 atom stereocenters. The van der Waals surface area contributed by atoms with Gasteiger partial charge in [0, 0.05) is 36.6 Å². The standard InChI is InChI=1S/C14H21ClN2S/c1-11-4-2-3-7-17(11)12-8-16(9-12)10-13-5-6-14(15)18-13/h5-6,11-12H,2-4,7-10H2,1H3. The topological polar surface area (TPSA) is 6.48 Å². The van der Waals surface area contributed by atoms with Gasteiger partial charge in [-0.2, -0.15) is 0 Å². The largest absolute Gasteiger partial charge is 0.295 e. The summed E-state index contributed by atoms with van der Waals surface area (Å²) < 4.78 is 0.909. The fourth-order valence-corrected chi connectivity index (χ4v) is 4.33. The van der Waals surface area contributed by atoms with Gasteiger partial charge in [0.2, 0.25) is 0 Å². The highest BCUT2D eigenvalue weighted by Gasteiger charge is 2.34. The van der Waals surface area contributed by atoms with Gasteiger partial charge in [0.1, 0.15) is 0 Å². The number of likely N-dealkylation sites (tertiary alicyclic amines) is 2. The van der Waals surface area contributed by atoms with E-state index < -0.39 is 0 Å². The van der Waals surface area contributed by atoms with Crippen LogP contribution in [0.5, 0.6) is 0 Å². The van der Waals surface area contributed by atoms with Crippen LogP contribution in [0.2, 0.25) is 4.34 Å². The first-order chi connectivity index (χ1) is 8.72. The quantitative estimate of drug-likeness (QED) is 0.839. The molecule has 100 valence electrons. The Bertz CT molecular complexity index is 400. The van der Waals surface area contributed by atoms with Gasteiger partial charge in [0.15, 0.2) is 0 Å². The predicted octanol–water partition coefficient (Wildman–Crippen LogP) is 3.46. The Balaban J connectivity index is 1.48. The van der Waals surface area contributed by atoms with E-state index in [-0.39, 0.29) is 0 Å². The molecular weight excluding hydrogens is 264 g/mol. The number of rotatable bonds is 3. The first-order valence-corrected chi connectivity index (χ1v) is 8.14. The van der Waals surface area contributed by atoms with Gasteiger partial charge in [-0.3, -0.25) is 9.80 Å². The van der Waals surface area contributed by atoms with Crippen molar-refractivity contribution in [2.24, 2.45) is 0 Å². The highest BCUT2D eigenvalue weighted by Crippen LogP contribution is 2.28. The molecule has 2 fully saturated rings. The molecule has 2 nitrogen and oxygen atoms in total. The number of nitrogens with zero attached hydrogens (tertiary/aromatic N) is 2. The van der Waals surface area contributed by atoms with Crippen molar-refractivity contribution in [2.45, 2.75) is 44.8 Å². The zero-order chi connectivity index (χ0) is 12.5. The maximum Gasteiger partial charge on any atom is 0.0931 e. The smallest absolute Gasteiger partial charge is 0.0931 e. The van der Waals surface area contributed by atoms with Crippen LogP contribution in [0, 0.1) is 0 Å². The van der Waals surface area contributed by atoms with E-state index in [2.05, 4.69) is 22.8 Å². The van der Waals surface area contributed by atoms with Crippen LogP contribution in [0.4, 0.5) is 0 Å². The van der Waals surface area contributed by atoms with Crippen LogP contribution in [-0.2, 0) is 6.54 Å². The van der Waals surface area contributed by atoms with Crippen LogP contribution in [-0.4, -0.2) is 41.5 Å². The molecule has 0 N–H and O–H groups in total. The molecule has 2 aliphatic rings. The predicted molar refractivity (Wildman–Crippen MR) is 78.4 cm³/mol. The third-order valence-corrected chi connectivity index (χ3v) is 5.49. The zero-order valence-corrected chi connectivity index (χ0v) is 12.5. The highest BCUT2D eigenvalue weighted by atomic mass is 35.5. The van der Waals surface area contributed by atoms with Gasteiger partial charge in [-0.15, -0.1) is 11.3 Å². The molecule has 0 amide bonds. The van der Waals surface area contributed by atoms with Crippen LogP contribution in [0.3, 0.4) is 0 Å². The van der Waals surface area contributed by atoms with Crippen molar-refractivity contribution in [1.82, 2.24) is 9.80 Å². The molecule has 18 heavy (non-hydrogen) atoms. The van der Waals surface area contributed by atoms with E-state index in [1.807, 2.05) is 6.07 Å². The lowest BCUT2D eigenvalue weighted by molar-refractivity contribution is -0.00574. The summed E-state index contributed by atoms with van der Waals surface area (Å²) in [7, 11) is 0. The molecular formula is C14H21ClN2S. The molecule has 0 aromatic carbocycles.